The van der Waals surface area contributed by atoms with Gasteiger partial charge in [-0.05, 0) is 96.1 Å². The highest BCUT2D eigenvalue weighted by atomic mass is 15.1. The number of hydrogen-bond acceptors (Lipinski definition) is 4. The van der Waals surface area contributed by atoms with Gasteiger partial charge in [-0.15, -0.1) is 0 Å². The van der Waals surface area contributed by atoms with E-state index in [0.29, 0.717) is 17.5 Å². The molecule has 4 aliphatic rings. The molecule has 5 heteroatoms. The zero-order valence-electron chi connectivity index (χ0n) is 35.2. The van der Waals surface area contributed by atoms with Crippen molar-refractivity contribution in [2.45, 2.75) is 5.41 Å². The lowest BCUT2D eigenvalue weighted by Crippen LogP contribution is -2.50. The molecule has 2 aliphatic heterocycles. The fourth-order valence-corrected chi connectivity index (χ4v) is 11.3. The fourth-order valence-electron chi connectivity index (χ4n) is 11.3. The van der Waals surface area contributed by atoms with Gasteiger partial charge in [-0.2, -0.15) is 0 Å². The first kappa shape index (κ1) is 36.1. The normalized spacial score (nSPS) is 14.4. The van der Waals surface area contributed by atoms with Crippen LogP contribution in [-0.4, -0.2) is 21.8 Å². The summed E-state index contributed by atoms with van der Waals surface area (Å²) in [7, 11) is 0. The number of rotatable bonds is 4. The molecular formula is C60H37BN4. The van der Waals surface area contributed by atoms with E-state index >= 15 is 0 Å². The van der Waals surface area contributed by atoms with Gasteiger partial charge >= 0.3 is 6.85 Å². The van der Waals surface area contributed by atoms with E-state index in [1.807, 2.05) is 6.07 Å². The molecule has 1 spiro atoms. The van der Waals surface area contributed by atoms with Gasteiger partial charge in [0.25, 0.3) is 0 Å². The van der Waals surface area contributed by atoms with Crippen molar-refractivity contribution in [2.75, 3.05) is 4.81 Å². The predicted octanol–water partition coefficient (Wildman–Crippen LogP) is 13.2. The zero-order valence-corrected chi connectivity index (χ0v) is 35.2. The van der Waals surface area contributed by atoms with Crippen molar-refractivity contribution in [3.63, 3.8) is 0 Å². The minimum atomic E-state index is -0.401. The van der Waals surface area contributed by atoms with Crippen molar-refractivity contribution in [2.24, 2.45) is 0 Å². The summed E-state index contributed by atoms with van der Waals surface area (Å²) in [6, 6.07) is 76.7. The fraction of sp³-hybridized carbons (Fsp3) is 0.0167. The molecule has 1 aromatic heterocycles. The maximum Gasteiger partial charge on any atom is 0.321 e. The summed E-state index contributed by atoms with van der Waals surface area (Å²) in [5.41, 5.74) is 20.2. The molecule has 0 unspecified atom stereocenters. The topological polar surface area (TPSA) is 41.9 Å². The van der Waals surface area contributed by atoms with Gasteiger partial charge < -0.3 is 4.81 Å². The van der Waals surface area contributed by atoms with E-state index in [-0.39, 0.29) is 6.85 Å². The molecule has 0 fully saturated rings. The van der Waals surface area contributed by atoms with Crippen molar-refractivity contribution >= 4 is 34.3 Å². The smallest absolute Gasteiger partial charge is 0.321 e. The van der Waals surface area contributed by atoms with E-state index in [0.717, 1.165) is 38.9 Å². The van der Waals surface area contributed by atoms with Crippen LogP contribution in [0.25, 0.3) is 83.9 Å². The second-order valence-corrected chi connectivity index (χ2v) is 17.5. The van der Waals surface area contributed by atoms with Crippen molar-refractivity contribution in [3.8, 4) is 67.5 Å². The Balaban J connectivity index is 0.930. The van der Waals surface area contributed by atoms with Crippen LogP contribution in [0.5, 0.6) is 0 Å². The third-order valence-electron chi connectivity index (χ3n) is 14.2. The number of benzene rings is 9. The summed E-state index contributed by atoms with van der Waals surface area (Å²) in [5.74, 6) is 4.49. The van der Waals surface area contributed by atoms with Crippen LogP contribution < -0.4 is 10.3 Å². The van der Waals surface area contributed by atoms with Crippen molar-refractivity contribution in [1.82, 2.24) is 15.0 Å². The van der Waals surface area contributed by atoms with Crippen LogP contribution in [-0.2, 0) is 5.41 Å². The molecule has 0 atom stereocenters. The van der Waals surface area contributed by atoms with Gasteiger partial charge in [0.1, 0.15) is 0 Å². The van der Waals surface area contributed by atoms with E-state index in [9.17, 15) is 0 Å². The second kappa shape index (κ2) is 13.8. The zero-order chi connectivity index (χ0) is 42.6. The Morgan fingerprint density at radius 1 is 0.369 bits per heavy atom. The summed E-state index contributed by atoms with van der Waals surface area (Å²) < 4.78 is 0. The van der Waals surface area contributed by atoms with Gasteiger partial charge in [0.15, 0.2) is 17.5 Å². The maximum absolute atomic E-state index is 5.25. The van der Waals surface area contributed by atoms with Crippen LogP contribution in [0.1, 0.15) is 22.3 Å². The highest BCUT2D eigenvalue weighted by molar-refractivity contribution is 6.84. The molecule has 10 aromatic rings. The van der Waals surface area contributed by atoms with E-state index in [4.69, 9.17) is 15.0 Å². The van der Waals surface area contributed by atoms with Gasteiger partial charge in [-0.25, -0.2) is 15.0 Å². The predicted molar refractivity (Wildman–Crippen MR) is 267 cm³/mol. The first-order chi connectivity index (χ1) is 32.2. The Bertz CT molecular complexity index is 3640. The molecule has 300 valence electrons. The molecule has 0 saturated heterocycles. The van der Waals surface area contributed by atoms with Crippen LogP contribution in [0.15, 0.2) is 230 Å². The Hall–Kier alpha value is -8.41. The molecule has 9 aromatic carbocycles. The average Bonchev–Trinajstić information content (AvgIpc) is 3.85. The number of aromatic nitrogens is 3. The highest BCUT2D eigenvalue weighted by Gasteiger charge is 2.55. The summed E-state index contributed by atoms with van der Waals surface area (Å²) >= 11 is 0. The third kappa shape index (κ3) is 5.24. The number of nitrogens with zero attached hydrogens (tertiary/aromatic N) is 4. The Kier molecular flexibility index (Phi) is 7.67. The molecule has 0 amide bonds. The molecule has 4 nitrogen and oxygen atoms in total. The molecule has 14 rings (SSSR count). The first-order valence-corrected chi connectivity index (χ1v) is 22.4. The van der Waals surface area contributed by atoms with Crippen LogP contribution in [0.3, 0.4) is 0 Å². The van der Waals surface area contributed by atoms with Gasteiger partial charge in [-0.1, -0.05) is 194 Å². The minimum absolute atomic E-state index is 0.00319. The summed E-state index contributed by atoms with van der Waals surface area (Å²) in [6.07, 6.45) is 2.43. The van der Waals surface area contributed by atoms with Gasteiger partial charge in [-0.3, -0.25) is 0 Å². The van der Waals surface area contributed by atoms with Gasteiger partial charge in [0.2, 0.25) is 0 Å². The maximum atomic E-state index is 5.25. The average molecular weight is 825 g/mol. The van der Waals surface area contributed by atoms with Crippen molar-refractivity contribution in [3.05, 3.63) is 252 Å². The van der Waals surface area contributed by atoms with E-state index < -0.39 is 5.41 Å². The molecule has 0 N–H and O–H groups in total. The summed E-state index contributed by atoms with van der Waals surface area (Å²) in [5, 5.41) is 2.32. The number of fused-ring (bicyclic) bond motifs is 17. The molecule has 2 aliphatic carbocycles. The van der Waals surface area contributed by atoms with Crippen LogP contribution in [0, 0.1) is 0 Å². The van der Waals surface area contributed by atoms with E-state index in [1.165, 1.54) is 66.5 Å². The Morgan fingerprint density at radius 2 is 0.877 bits per heavy atom. The SMILES string of the molecule is C1=C2C(=CB3c4ccccc4-c4cc(-c5nc(-c6ccc(-c7ccccc7)cc6)nc(-c6ccc7ccccc7c6)n5)ccc4N13)C1(c3ccccc32)c2ccccc2-c2ccccc21. The van der Waals surface area contributed by atoms with Crippen LogP contribution in [0.4, 0.5) is 5.69 Å². The van der Waals surface area contributed by atoms with Crippen LogP contribution >= 0.6 is 0 Å². The second-order valence-electron chi connectivity index (χ2n) is 17.5. The van der Waals surface area contributed by atoms with E-state index in [2.05, 4.69) is 223 Å². The number of allylic oxidation sites excluding steroid dienone is 2. The lowest BCUT2D eigenvalue weighted by molar-refractivity contribution is 0.795. The first-order valence-electron chi connectivity index (χ1n) is 22.4. The third-order valence-corrected chi connectivity index (χ3v) is 14.2. The van der Waals surface area contributed by atoms with Gasteiger partial charge in [0, 0.05) is 39.7 Å². The van der Waals surface area contributed by atoms with Crippen LogP contribution in [0.2, 0.25) is 0 Å². The van der Waals surface area contributed by atoms with Crippen molar-refractivity contribution in [1.29, 1.82) is 0 Å². The molecule has 3 heterocycles. The standard InChI is InChI=1S/C60H37BN4/c1-2-14-38(15-3-1)40-26-29-41(30-27-40)57-62-58(43-31-28-39-16-4-5-17-42(39)34-43)64-59(63-57)44-32-33-56-49(35-44)48-21-9-13-25-55(48)61-36-54-50(37-65(56)61)47-20-8-12-24-53(47)60(54)51-22-10-6-18-45(51)46-19-7-11-23-52(46)60/h1-37H. The number of anilines is 1. The molecule has 0 radical (unpaired) electrons. The number of hydrogen-bond donors (Lipinski definition) is 0. The van der Waals surface area contributed by atoms with Crippen molar-refractivity contribution < 1.29 is 0 Å². The highest BCUT2D eigenvalue weighted by Crippen LogP contribution is 2.64. The summed E-state index contributed by atoms with van der Waals surface area (Å²) in [6.45, 7) is -0.00319. The lowest BCUT2D eigenvalue weighted by Gasteiger charge is -2.40. The molecule has 0 saturated carbocycles. The van der Waals surface area contributed by atoms with Gasteiger partial charge in [0.05, 0.1) is 5.41 Å². The van der Waals surface area contributed by atoms with E-state index in [1.54, 1.807) is 0 Å². The monoisotopic (exact) mass is 824 g/mol. The largest absolute Gasteiger partial charge is 0.382 e. The quantitative estimate of drug-likeness (QED) is 0.166. The Morgan fingerprint density at radius 3 is 1.60 bits per heavy atom. The Labute approximate surface area is 377 Å². The molecule has 65 heavy (non-hydrogen) atoms. The summed E-state index contributed by atoms with van der Waals surface area (Å²) in [4.78, 5) is 18.1. The molecular weight excluding hydrogens is 787 g/mol. The lowest BCUT2D eigenvalue weighted by atomic mass is 9.47. The minimum Gasteiger partial charge on any atom is -0.382 e. The molecule has 0 bridgehead atoms.